The number of nitrogens with zero attached hydrogens (tertiary/aromatic N) is 2. The van der Waals surface area contributed by atoms with E-state index in [1.165, 1.54) is 21.6 Å². The highest BCUT2D eigenvalue weighted by Crippen LogP contribution is 2.62. The molecule has 29 heavy (non-hydrogen) atoms. The van der Waals surface area contributed by atoms with Crippen molar-refractivity contribution in [3.63, 3.8) is 0 Å². The monoisotopic (exact) mass is 424 g/mol. The van der Waals surface area contributed by atoms with Crippen LogP contribution in [0.1, 0.15) is 28.8 Å². The third-order valence-corrected chi connectivity index (χ3v) is 8.62. The summed E-state index contributed by atoms with van der Waals surface area (Å²) in [6.07, 6.45) is 0.608. The third-order valence-electron chi connectivity index (χ3n) is 6.09. The molecule has 6 rings (SSSR count). The topological polar surface area (TPSA) is 66.9 Å². The minimum atomic E-state index is -1.37. The highest BCUT2D eigenvalue weighted by molar-refractivity contribution is 8.77. The molecule has 4 heterocycles. The molecule has 2 aromatic carbocycles. The molecule has 2 aromatic rings. The first-order valence-corrected chi connectivity index (χ1v) is 11.8. The van der Waals surface area contributed by atoms with Crippen LogP contribution in [0.25, 0.3) is 0 Å². The van der Waals surface area contributed by atoms with Crippen LogP contribution in [0.3, 0.4) is 0 Å². The summed E-state index contributed by atoms with van der Waals surface area (Å²) in [5.74, 6) is -1.44. The molecule has 2 bridgehead atoms. The second-order valence-electron chi connectivity index (χ2n) is 7.50. The van der Waals surface area contributed by atoms with Gasteiger partial charge in [0.1, 0.15) is 5.37 Å². The number of para-hydroxylation sites is 1. The van der Waals surface area contributed by atoms with Crippen LogP contribution in [0.15, 0.2) is 54.6 Å². The van der Waals surface area contributed by atoms with Crippen molar-refractivity contribution in [2.75, 3.05) is 10.7 Å². The summed E-state index contributed by atoms with van der Waals surface area (Å²) >= 11 is 0. The van der Waals surface area contributed by atoms with Gasteiger partial charge in [-0.25, -0.2) is 0 Å². The number of carbonyl (C=O) groups is 3. The number of benzene rings is 2. The first-order chi connectivity index (χ1) is 14.1. The maximum absolute atomic E-state index is 14.1. The minimum Gasteiger partial charge on any atom is -0.314 e. The quantitative estimate of drug-likeness (QED) is 0.656. The number of rotatable bonds is 1. The number of Topliss-reactive ketones (excluding diaryl/α,β-unsaturated/α-hetero) is 1. The summed E-state index contributed by atoms with van der Waals surface area (Å²) in [5.41, 5.74) is 0.310. The van der Waals surface area contributed by atoms with E-state index in [1.54, 1.807) is 34.1 Å². The maximum atomic E-state index is 14.1. The molecule has 0 radical (unpaired) electrons. The van der Waals surface area contributed by atoms with Gasteiger partial charge in [-0.05, 0) is 17.7 Å². The number of amides is 2. The van der Waals surface area contributed by atoms with Crippen LogP contribution >= 0.6 is 21.6 Å². The molecule has 3 fully saturated rings. The van der Waals surface area contributed by atoms with Crippen LogP contribution in [0, 0.1) is 0 Å². The van der Waals surface area contributed by atoms with Gasteiger partial charge >= 0.3 is 0 Å². The predicted molar refractivity (Wildman–Crippen MR) is 110 cm³/mol. The molecule has 0 N–H and O–H groups in total. The van der Waals surface area contributed by atoms with Crippen molar-refractivity contribution in [3.05, 3.63) is 65.7 Å². The van der Waals surface area contributed by atoms with Gasteiger partial charge < -0.3 is 4.74 Å². The largest absolute Gasteiger partial charge is 0.314 e. The van der Waals surface area contributed by atoms with E-state index in [2.05, 4.69) is 0 Å². The zero-order chi connectivity index (χ0) is 19.8. The van der Waals surface area contributed by atoms with Gasteiger partial charge in [-0.3, -0.25) is 24.2 Å². The molecule has 0 aromatic heterocycles. The van der Waals surface area contributed by atoms with Crippen LogP contribution in [0.2, 0.25) is 0 Å². The maximum Gasteiger partial charge on any atom is 0.238 e. The number of anilines is 1. The van der Waals surface area contributed by atoms with Crippen molar-refractivity contribution in [1.82, 2.24) is 4.90 Å². The van der Waals surface area contributed by atoms with Gasteiger partial charge in [0.25, 0.3) is 0 Å². The first kappa shape index (κ1) is 17.6. The second-order valence-corrected chi connectivity index (χ2v) is 9.94. The van der Waals surface area contributed by atoms with Gasteiger partial charge in [0.15, 0.2) is 5.60 Å². The molecule has 3 saturated heterocycles. The molecule has 3 atom stereocenters. The van der Waals surface area contributed by atoms with Crippen LogP contribution < -0.4 is 4.90 Å². The van der Waals surface area contributed by atoms with Gasteiger partial charge in [0.2, 0.25) is 23.4 Å². The van der Waals surface area contributed by atoms with E-state index in [1.807, 2.05) is 30.3 Å². The number of ether oxygens (including phenoxy) is 1. The SMILES string of the molecule is O=C1CCC23OC(c4ccccc4)(C(=O)c4ccccc4N12)C1SSCC(=O)N13. The van der Waals surface area contributed by atoms with Crippen molar-refractivity contribution >= 4 is 44.9 Å². The van der Waals surface area contributed by atoms with Crippen molar-refractivity contribution in [2.45, 2.75) is 29.7 Å². The number of ketones is 1. The van der Waals surface area contributed by atoms with E-state index in [0.717, 1.165) is 0 Å². The Hall–Kier alpha value is -2.29. The lowest BCUT2D eigenvalue weighted by Crippen LogP contribution is -2.61. The van der Waals surface area contributed by atoms with Crippen LogP contribution in [-0.4, -0.2) is 39.5 Å². The van der Waals surface area contributed by atoms with Crippen molar-refractivity contribution in [3.8, 4) is 0 Å². The summed E-state index contributed by atoms with van der Waals surface area (Å²) in [4.78, 5) is 43.5. The Morgan fingerprint density at radius 1 is 0.966 bits per heavy atom. The van der Waals surface area contributed by atoms with Gasteiger partial charge in [-0.15, -0.1) is 0 Å². The number of hydrogen-bond donors (Lipinski definition) is 0. The molecule has 146 valence electrons. The lowest BCUT2D eigenvalue weighted by molar-refractivity contribution is -0.153. The average Bonchev–Trinajstić information content (AvgIpc) is 3.21. The van der Waals surface area contributed by atoms with E-state index in [0.29, 0.717) is 23.2 Å². The molecule has 0 saturated carbocycles. The zero-order valence-electron chi connectivity index (χ0n) is 15.2. The van der Waals surface area contributed by atoms with E-state index in [4.69, 9.17) is 4.74 Å². The molecule has 2 amide bonds. The first-order valence-electron chi connectivity index (χ1n) is 9.43. The molecular formula is C21H16N2O4S2. The van der Waals surface area contributed by atoms with Gasteiger partial charge in [-0.2, -0.15) is 0 Å². The normalized spacial score (nSPS) is 32.7. The predicted octanol–water partition coefficient (Wildman–Crippen LogP) is 3.14. The number of carbonyl (C=O) groups excluding carboxylic acids is 3. The highest BCUT2D eigenvalue weighted by atomic mass is 33.1. The van der Waals surface area contributed by atoms with Crippen molar-refractivity contribution in [2.24, 2.45) is 0 Å². The Balaban J connectivity index is 1.72. The van der Waals surface area contributed by atoms with Gasteiger partial charge in [-0.1, -0.05) is 64.1 Å². The summed E-state index contributed by atoms with van der Waals surface area (Å²) in [5, 5.41) is -0.551. The molecule has 6 nitrogen and oxygen atoms in total. The number of fused-ring (bicyclic) bond motifs is 5. The smallest absolute Gasteiger partial charge is 0.238 e. The molecule has 4 aliphatic heterocycles. The Morgan fingerprint density at radius 3 is 2.55 bits per heavy atom. The fraction of sp³-hybridized carbons (Fsp3) is 0.286. The van der Waals surface area contributed by atoms with E-state index in [-0.39, 0.29) is 29.8 Å². The highest BCUT2D eigenvalue weighted by Gasteiger charge is 2.74. The van der Waals surface area contributed by atoms with Crippen LogP contribution in [0.4, 0.5) is 5.69 Å². The molecule has 8 heteroatoms. The molecular weight excluding hydrogens is 408 g/mol. The second kappa shape index (κ2) is 5.87. The standard InChI is InChI=1S/C21H16N2O4S2/c24-16-10-11-20-22(16)15-9-5-4-8-14(15)18(26)21(27-20,13-6-2-1-3-7-13)19-23(20)17(25)12-28-29-19/h1-9,19H,10-12H2. The number of hydrogen-bond acceptors (Lipinski definition) is 6. The molecule has 0 aliphatic carbocycles. The Bertz CT molecular complexity index is 1080. The van der Waals surface area contributed by atoms with E-state index in [9.17, 15) is 14.4 Å². The van der Waals surface area contributed by atoms with Gasteiger partial charge in [0.05, 0.1) is 11.4 Å². The van der Waals surface area contributed by atoms with Crippen molar-refractivity contribution in [1.29, 1.82) is 0 Å². The van der Waals surface area contributed by atoms with Crippen LogP contribution in [0.5, 0.6) is 0 Å². The average molecular weight is 425 g/mol. The molecule has 3 unspecified atom stereocenters. The molecule has 1 spiro atoms. The Morgan fingerprint density at radius 2 is 1.72 bits per heavy atom. The van der Waals surface area contributed by atoms with Crippen molar-refractivity contribution < 1.29 is 19.1 Å². The zero-order valence-corrected chi connectivity index (χ0v) is 16.9. The summed E-state index contributed by atoms with van der Waals surface area (Å²) in [6, 6.07) is 16.5. The lowest BCUT2D eigenvalue weighted by Gasteiger charge is -2.43. The Labute approximate surface area is 175 Å². The molecule has 4 aliphatic rings. The van der Waals surface area contributed by atoms with E-state index >= 15 is 0 Å². The fourth-order valence-electron chi connectivity index (χ4n) is 4.95. The summed E-state index contributed by atoms with van der Waals surface area (Å²) < 4.78 is 6.72. The third kappa shape index (κ3) is 2.01. The van der Waals surface area contributed by atoms with E-state index < -0.39 is 16.8 Å². The summed E-state index contributed by atoms with van der Waals surface area (Å²) in [6.45, 7) is 0. The Kier molecular flexibility index (Phi) is 3.55. The lowest BCUT2D eigenvalue weighted by atomic mass is 9.84. The summed E-state index contributed by atoms with van der Waals surface area (Å²) in [7, 11) is 2.91. The minimum absolute atomic E-state index is 0.108. The van der Waals surface area contributed by atoms with Gasteiger partial charge in [0, 0.05) is 18.4 Å². The fourth-order valence-corrected chi connectivity index (χ4v) is 7.74. The van der Waals surface area contributed by atoms with Crippen LogP contribution in [-0.2, 0) is 19.9 Å².